The van der Waals surface area contributed by atoms with Crippen LogP contribution in [0, 0.1) is 18.8 Å². The van der Waals surface area contributed by atoms with Crippen LogP contribution in [-0.2, 0) is 6.54 Å². The summed E-state index contributed by atoms with van der Waals surface area (Å²) in [4.78, 5) is 5.46. The molecule has 0 unspecified atom stereocenters. The zero-order valence-electron chi connectivity index (χ0n) is 14.1. The molecule has 0 aliphatic carbocycles. The van der Waals surface area contributed by atoms with Crippen LogP contribution >= 0.6 is 11.3 Å². The van der Waals surface area contributed by atoms with E-state index in [1.54, 1.807) is 11.3 Å². The van der Waals surface area contributed by atoms with Crippen LogP contribution in [0.3, 0.4) is 0 Å². The van der Waals surface area contributed by atoms with E-state index in [-0.39, 0.29) is 0 Å². The molecule has 1 aliphatic heterocycles. The summed E-state index contributed by atoms with van der Waals surface area (Å²) in [5, 5.41) is 11.9. The Morgan fingerprint density at radius 3 is 2.88 bits per heavy atom. The number of aryl methyl sites for hydroxylation is 1. The van der Waals surface area contributed by atoms with Gasteiger partial charge in [-0.2, -0.15) is 0 Å². The van der Waals surface area contributed by atoms with Gasteiger partial charge in [-0.3, -0.25) is 9.56 Å². The highest BCUT2D eigenvalue weighted by Gasteiger charge is 2.18. The van der Waals surface area contributed by atoms with E-state index in [0.717, 1.165) is 32.7 Å². The molecule has 4 nitrogen and oxygen atoms in total. The summed E-state index contributed by atoms with van der Waals surface area (Å²) in [5.74, 6) is 8.41. The Labute approximate surface area is 154 Å². The molecule has 0 fully saturated rings. The van der Waals surface area contributed by atoms with Gasteiger partial charge in [0.05, 0.1) is 11.4 Å². The van der Waals surface area contributed by atoms with E-state index in [1.807, 2.05) is 25.3 Å². The average molecular weight is 354 g/mol. The first kappa shape index (κ1) is 15.1. The average Bonchev–Trinajstić information content (AvgIpc) is 3.18. The highest BCUT2D eigenvalue weighted by Crippen LogP contribution is 2.29. The van der Waals surface area contributed by atoms with Gasteiger partial charge in [0.2, 0.25) is 0 Å². The first-order valence-electron chi connectivity index (χ1n) is 8.34. The zero-order chi connectivity index (χ0) is 17.5. The molecule has 0 radical (unpaired) electrons. The lowest BCUT2D eigenvalue weighted by Crippen LogP contribution is -2.00. The van der Waals surface area contributed by atoms with E-state index >= 15 is 0 Å². The van der Waals surface area contributed by atoms with Crippen molar-refractivity contribution in [1.29, 1.82) is 0 Å². The molecule has 4 aromatic rings. The van der Waals surface area contributed by atoms with Gasteiger partial charge in [0.15, 0.2) is 5.82 Å². The minimum absolute atomic E-state index is 0.555. The van der Waals surface area contributed by atoms with Crippen molar-refractivity contribution in [1.82, 2.24) is 14.8 Å². The minimum Gasteiger partial charge on any atom is -0.284 e. The fourth-order valence-electron chi connectivity index (χ4n) is 3.19. The lowest BCUT2D eigenvalue weighted by Gasteiger charge is -2.02. The van der Waals surface area contributed by atoms with Crippen molar-refractivity contribution in [2.45, 2.75) is 13.5 Å². The SMILES string of the molecule is Cc1nnc2n1-c1sc(C#Cc3cccc4ccccc34)cc1C=NC2. The van der Waals surface area contributed by atoms with Gasteiger partial charge in [-0.05, 0) is 29.8 Å². The van der Waals surface area contributed by atoms with Crippen molar-refractivity contribution in [3.05, 3.63) is 76.2 Å². The summed E-state index contributed by atoms with van der Waals surface area (Å²) in [7, 11) is 0. The van der Waals surface area contributed by atoms with Crippen LogP contribution in [0.25, 0.3) is 15.8 Å². The predicted octanol–water partition coefficient (Wildman–Crippen LogP) is 4.12. The molecule has 1 aliphatic rings. The summed E-state index contributed by atoms with van der Waals surface area (Å²) in [5.41, 5.74) is 2.11. The standard InChI is InChI=1S/C21H14N4S/c1-14-23-24-20-13-22-12-17-11-18(26-21(17)25(14)20)10-9-16-7-4-6-15-5-2-3-8-19(15)16/h2-8,11-12H,13H2,1H3. The Morgan fingerprint density at radius 2 is 1.92 bits per heavy atom. The molecule has 2 aromatic heterocycles. The molecule has 0 saturated heterocycles. The number of aromatic nitrogens is 3. The molecule has 5 rings (SSSR count). The Kier molecular flexibility index (Phi) is 3.44. The van der Waals surface area contributed by atoms with Crippen LogP contribution in [0.15, 0.2) is 53.5 Å². The maximum atomic E-state index is 4.45. The molecule has 0 saturated carbocycles. The summed E-state index contributed by atoms with van der Waals surface area (Å²) < 4.78 is 2.08. The molecule has 3 heterocycles. The Morgan fingerprint density at radius 1 is 1.04 bits per heavy atom. The van der Waals surface area contributed by atoms with E-state index in [2.05, 4.69) is 68.0 Å². The molecule has 5 heteroatoms. The van der Waals surface area contributed by atoms with Crippen LogP contribution < -0.4 is 0 Å². The molecule has 0 bridgehead atoms. The van der Waals surface area contributed by atoms with Gasteiger partial charge in [0.25, 0.3) is 0 Å². The van der Waals surface area contributed by atoms with E-state index < -0.39 is 0 Å². The summed E-state index contributed by atoms with van der Waals surface area (Å²) in [6, 6.07) is 16.6. The lowest BCUT2D eigenvalue weighted by molar-refractivity contribution is 0.871. The number of rotatable bonds is 0. The highest BCUT2D eigenvalue weighted by atomic mass is 32.1. The number of thiophene rings is 1. The second kappa shape index (κ2) is 5.94. The van der Waals surface area contributed by atoms with Gasteiger partial charge in [0.1, 0.15) is 10.8 Å². The molecule has 124 valence electrons. The maximum absolute atomic E-state index is 4.45. The third-order valence-corrected chi connectivity index (χ3v) is 5.46. The van der Waals surface area contributed by atoms with E-state index in [0.29, 0.717) is 6.54 Å². The van der Waals surface area contributed by atoms with Crippen molar-refractivity contribution < 1.29 is 0 Å². The minimum atomic E-state index is 0.555. The first-order valence-corrected chi connectivity index (χ1v) is 9.16. The fourth-order valence-corrected chi connectivity index (χ4v) is 4.24. The number of benzene rings is 2. The van der Waals surface area contributed by atoms with Crippen LogP contribution in [0.4, 0.5) is 0 Å². The van der Waals surface area contributed by atoms with Crippen LogP contribution in [0.1, 0.15) is 27.7 Å². The van der Waals surface area contributed by atoms with Crippen molar-refractivity contribution >= 4 is 28.3 Å². The molecule has 0 N–H and O–H groups in total. The van der Waals surface area contributed by atoms with Crippen molar-refractivity contribution in [3.63, 3.8) is 0 Å². The van der Waals surface area contributed by atoms with Crippen LogP contribution in [-0.4, -0.2) is 21.0 Å². The number of aliphatic imine (C=N–C) groups is 1. The van der Waals surface area contributed by atoms with Gasteiger partial charge < -0.3 is 0 Å². The predicted molar refractivity (Wildman–Crippen MR) is 105 cm³/mol. The summed E-state index contributed by atoms with van der Waals surface area (Å²) >= 11 is 1.65. The second-order valence-electron chi connectivity index (χ2n) is 6.12. The first-order chi connectivity index (χ1) is 12.8. The fraction of sp³-hybridized carbons (Fsp3) is 0.0952. The van der Waals surface area contributed by atoms with Crippen LogP contribution in [0.2, 0.25) is 0 Å². The quantitative estimate of drug-likeness (QED) is 0.446. The summed E-state index contributed by atoms with van der Waals surface area (Å²) in [6.07, 6.45) is 1.91. The third-order valence-electron chi connectivity index (χ3n) is 4.41. The van der Waals surface area contributed by atoms with Gasteiger partial charge >= 0.3 is 0 Å². The molecule has 0 spiro atoms. The molecule has 2 aromatic carbocycles. The monoisotopic (exact) mass is 354 g/mol. The van der Waals surface area contributed by atoms with Gasteiger partial charge in [-0.25, -0.2) is 0 Å². The van der Waals surface area contributed by atoms with Gasteiger partial charge in [-0.1, -0.05) is 48.2 Å². The van der Waals surface area contributed by atoms with Crippen molar-refractivity contribution in [3.8, 4) is 16.8 Å². The molecular formula is C21H14N4S. The second-order valence-corrected chi connectivity index (χ2v) is 7.15. The lowest BCUT2D eigenvalue weighted by atomic mass is 10.1. The van der Waals surface area contributed by atoms with Crippen LogP contribution in [0.5, 0.6) is 0 Å². The number of hydrogen-bond acceptors (Lipinski definition) is 4. The number of nitrogens with zero attached hydrogens (tertiary/aromatic N) is 4. The Hall–Kier alpha value is -3.23. The smallest absolute Gasteiger partial charge is 0.159 e. The molecule has 26 heavy (non-hydrogen) atoms. The third kappa shape index (κ3) is 2.43. The normalized spacial score (nSPS) is 12.2. The van der Waals surface area contributed by atoms with Gasteiger partial charge in [0, 0.05) is 17.3 Å². The summed E-state index contributed by atoms with van der Waals surface area (Å²) in [6.45, 7) is 2.52. The maximum Gasteiger partial charge on any atom is 0.159 e. The Balaban J connectivity index is 1.61. The molecule has 0 amide bonds. The van der Waals surface area contributed by atoms with E-state index in [9.17, 15) is 0 Å². The highest BCUT2D eigenvalue weighted by molar-refractivity contribution is 7.15. The molecule has 0 atom stereocenters. The zero-order valence-corrected chi connectivity index (χ0v) is 14.9. The van der Waals surface area contributed by atoms with E-state index in [1.165, 1.54) is 10.8 Å². The Bertz CT molecular complexity index is 1230. The van der Waals surface area contributed by atoms with Crippen molar-refractivity contribution in [2.75, 3.05) is 0 Å². The molecular weight excluding hydrogens is 340 g/mol. The number of fused-ring (bicyclic) bond motifs is 4. The number of hydrogen-bond donors (Lipinski definition) is 0. The topological polar surface area (TPSA) is 43.1 Å². The van der Waals surface area contributed by atoms with Crippen molar-refractivity contribution in [2.24, 2.45) is 4.99 Å². The van der Waals surface area contributed by atoms with E-state index in [4.69, 9.17) is 0 Å². The van der Waals surface area contributed by atoms with Gasteiger partial charge in [-0.15, -0.1) is 21.5 Å². The largest absolute Gasteiger partial charge is 0.284 e.